The molecule has 0 aliphatic carbocycles. The van der Waals surface area contributed by atoms with E-state index in [0.717, 1.165) is 6.20 Å². The first-order chi connectivity index (χ1) is 8.63. The Balaban J connectivity index is 2.38. The number of alkyl halides is 2. The molecule has 0 spiro atoms. The maximum Gasteiger partial charge on any atom is 0.261 e. The van der Waals surface area contributed by atoms with Gasteiger partial charge in [-0.1, -0.05) is 0 Å². The maximum atomic E-state index is 13.3. The number of hydrogen-bond acceptors (Lipinski definition) is 5. The van der Waals surface area contributed by atoms with Crippen LogP contribution < -0.4 is 10.6 Å². The lowest BCUT2D eigenvalue weighted by atomic mass is 10.5. The topological polar surface area (TPSA) is 59.1 Å². The number of aromatic nitrogens is 2. The standard InChI is InChI=1S/C10H15F3N4O/c1-2-14-10-16-5-7(11)9(17-10)15-3-4-18-6-8(12)13/h5,8H,2-4,6H2,1H3,(H2,14,15,16,17). The Kier molecular flexibility index (Phi) is 6.20. The normalized spacial score (nSPS) is 10.7. The number of ether oxygens (including phenoxy) is 1. The van der Waals surface area contributed by atoms with E-state index in [-0.39, 0.29) is 19.0 Å². The van der Waals surface area contributed by atoms with Gasteiger partial charge in [-0.3, -0.25) is 0 Å². The first-order valence-corrected chi connectivity index (χ1v) is 5.49. The van der Waals surface area contributed by atoms with Crippen molar-refractivity contribution in [3.63, 3.8) is 0 Å². The van der Waals surface area contributed by atoms with Gasteiger partial charge in [-0.25, -0.2) is 18.2 Å². The van der Waals surface area contributed by atoms with Gasteiger partial charge in [0.05, 0.1) is 12.8 Å². The third-order valence-corrected chi connectivity index (χ3v) is 1.86. The summed E-state index contributed by atoms with van der Waals surface area (Å²) in [5.74, 6) is -0.290. The molecule has 0 aliphatic heterocycles. The molecule has 102 valence electrons. The molecule has 0 aliphatic rings. The highest BCUT2D eigenvalue weighted by atomic mass is 19.3. The van der Waals surface area contributed by atoms with Gasteiger partial charge in [0.25, 0.3) is 6.43 Å². The number of rotatable bonds is 8. The molecule has 0 saturated carbocycles. The minimum absolute atomic E-state index is 0.0154. The van der Waals surface area contributed by atoms with E-state index < -0.39 is 18.8 Å². The Labute approximate surface area is 103 Å². The lowest BCUT2D eigenvalue weighted by Crippen LogP contribution is -2.15. The molecule has 2 N–H and O–H groups in total. The van der Waals surface area contributed by atoms with Crippen LogP contribution in [0.1, 0.15) is 6.92 Å². The molecule has 0 atom stereocenters. The van der Waals surface area contributed by atoms with E-state index in [2.05, 4.69) is 25.3 Å². The second-order valence-electron chi connectivity index (χ2n) is 3.31. The van der Waals surface area contributed by atoms with E-state index in [1.807, 2.05) is 6.92 Å². The third-order valence-electron chi connectivity index (χ3n) is 1.86. The summed E-state index contributed by atoms with van der Waals surface area (Å²) in [6.07, 6.45) is -1.46. The van der Waals surface area contributed by atoms with E-state index in [9.17, 15) is 13.2 Å². The molecule has 8 heteroatoms. The smallest absolute Gasteiger partial charge is 0.261 e. The van der Waals surface area contributed by atoms with Crippen LogP contribution in [-0.4, -0.2) is 42.7 Å². The molecule has 1 aromatic heterocycles. The zero-order valence-corrected chi connectivity index (χ0v) is 9.92. The number of halogens is 3. The Hall–Kier alpha value is -1.57. The highest BCUT2D eigenvalue weighted by Crippen LogP contribution is 2.11. The van der Waals surface area contributed by atoms with Crippen LogP contribution in [0.25, 0.3) is 0 Å². The predicted molar refractivity (Wildman–Crippen MR) is 61.5 cm³/mol. The molecule has 0 aromatic carbocycles. The zero-order chi connectivity index (χ0) is 13.4. The average molecular weight is 264 g/mol. The fourth-order valence-electron chi connectivity index (χ4n) is 1.15. The summed E-state index contributed by atoms with van der Waals surface area (Å²) >= 11 is 0. The highest BCUT2D eigenvalue weighted by molar-refractivity contribution is 5.40. The van der Waals surface area contributed by atoms with Crippen molar-refractivity contribution < 1.29 is 17.9 Å². The van der Waals surface area contributed by atoms with Gasteiger partial charge in [0, 0.05) is 13.1 Å². The van der Waals surface area contributed by atoms with Gasteiger partial charge in [0.15, 0.2) is 11.6 Å². The summed E-state index contributed by atoms with van der Waals surface area (Å²) in [7, 11) is 0. The Morgan fingerprint density at radius 1 is 1.39 bits per heavy atom. The maximum absolute atomic E-state index is 13.3. The van der Waals surface area contributed by atoms with Crippen LogP contribution in [0.5, 0.6) is 0 Å². The van der Waals surface area contributed by atoms with Crippen LogP contribution in [0.4, 0.5) is 24.9 Å². The van der Waals surface area contributed by atoms with Gasteiger partial charge in [-0.15, -0.1) is 0 Å². The molecule has 1 aromatic rings. The van der Waals surface area contributed by atoms with Gasteiger partial charge in [-0.2, -0.15) is 4.98 Å². The monoisotopic (exact) mass is 264 g/mol. The molecule has 1 heterocycles. The lowest BCUT2D eigenvalue weighted by molar-refractivity contribution is 0.0214. The zero-order valence-electron chi connectivity index (χ0n) is 9.92. The van der Waals surface area contributed by atoms with E-state index in [1.54, 1.807) is 0 Å². The van der Waals surface area contributed by atoms with Crippen molar-refractivity contribution in [2.24, 2.45) is 0 Å². The van der Waals surface area contributed by atoms with Crippen LogP contribution in [0, 0.1) is 5.82 Å². The fraction of sp³-hybridized carbons (Fsp3) is 0.600. The average Bonchev–Trinajstić information content (AvgIpc) is 2.32. The number of nitrogens with zero attached hydrogens (tertiary/aromatic N) is 2. The highest BCUT2D eigenvalue weighted by Gasteiger charge is 2.06. The molecule has 0 unspecified atom stereocenters. The molecule has 0 saturated heterocycles. The van der Waals surface area contributed by atoms with E-state index in [1.165, 1.54) is 0 Å². The van der Waals surface area contributed by atoms with Crippen molar-refractivity contribution in [2.75, 3.05) is 36.9 Å². The predicted octanol–water partition coefficient (Wildman–Crippen LogP) is 1.74. The Morgan fingerprint density at radius 2 is 2.17 bits per heavy atom. The van der Waals surface area contributed by atoms with Crippen LogP contribution in [0.3, 0.4) is 0 Å². The summed E-state index contributed by atoms with van der Waals surface area (Å²) < 4.78 is 41.4. The first kappa shape index (κ1) is 14.5. The largest absolute Gasteiger partial charge is 0.374 e. The summed E-state index contributed by atoms with van der Waals surface area (Å²) in [6.45, 7) is 2.08. The van der Waals surface area contributed by atoms with Crippen LogP contribution in [0.2, 0.25) is 0 Å². The molecule has 1 rings (SSSR count). The summed E-state index contributed by atoms with van der Waals surface area (Å²) in [5, 5.41) is 5.48. The molecule has 5 nitrogen and oxygen atoms in total. The van der Waals surface area contributed by atoms with E-state index >= 15 is 0 Å². The molecular weight excluding hydrogens is 249 g/mol. The SMILES string of the molecule is CCNc1ncc(F)c(NCCOCC(F)F)n1. The second kappa shape index (κ2) is 7.70. The van der Waals surface area contributed by atoms with Crippen molar-refractivity contribution in [3.05, 3.63) is 12.0 Å². The summed E-state index contributed by atoms with van der Waals surface area (Å²) in [6, 6.07) is 0. The van der Waals surface area contributed by atoms with Crippen LogP contribution in [0.15, 0.2) is 6.20 Å². The van der Waals surface area contributed by atoms with E-state index in [0.29, 0.717) is 12.5 Å². The minimum atomic E-state index is -2.50. The van der Waals surface area contributed by atoms with Gasteiger partial charge in [0.2, 0.25) is 5.95 Å². The molecular formula is C10H15F3N4O. The Morgan fingerprint density at radius 3 is 2.83 bits per heavy atom. The van der Waals surface area contributed by atoms with Gasteiger partial charge >= 0.3 is 0 Å². The minimum Gasteiger partial charge on any atom is -0.374 e. The molecule has 0 radical (unpaired) electrons. The first-order valence-electron chi connectivity index (χ1n) is 5.49. The quantitative estimate of drug-likeness (QED) is 0.700. The van der Waals surface area contributed by atoms with E-state index in [4.69, 9.17) is 0 Å². The van der Waals surface area contributed by atoms with Crippen molar-refractivity contribution in [1.29, 1.82) is 0 Å². The van der Waals surface area contributed by atoms with Crippen LogP contribution in [-0.2, 0) is 4.74 Å². The molecule has 0 amide bonds. The number of anilines is 2. The summed E-state index contributed by atoms with van der Waals surface area (Å²) in [4.78, 5) is 7.61. The fourth-order valence-corrected chi connectivity index (χ4v) is 1.15. The van der Waals surface area contributed by atoms with Gasteiger partial charge in [-0.05, 0) is 6.92 Å². The third kappa shape index (κ3) is 5.17. The molecule has 0 fully saturated rings. The second-order valence-corrected chi connectivity index (χ2v) is 3.31. The van der Waals surface area contributed by atoms with Crippen LogP contribution >= 0.6 is 0 Å². The number of nitrogens with one attached hydrogen (secondary N) is 2. The molecule has 18 heavy (non-hydrogen) atoms. The Bertz CT molecular complexity index is 365. The number of hydrogen-bond donors (Lipinski definition) is 2. The van der Waals surface area contributed by atoms with Crippen molar-refractivity contribution in [2.45, 2.75) is 13.3 Å². The lowest BCUT2D eigenvalue weighted by Gasteiger charge is -2.08. The van der Waals surface area contributed by atoms with Crippen molar-refractivity contribution >= 4 is 11.8 Å². The van der Waals surface area contributed by atoms with Gasteiger partial charge in [0.1, 0.15) is 6.61 Å². The molecule has 0 bridgehead atoms. The summed E-state index contributed by atoms with van der Waals surface area (Å²) in [5.41, 5.74) is 0. The van der Waals surface area contributed by atoms with Crippen molar-refractivity contribution in [1.82, 2.24) is 9.97 Å². The van der Waals surface area contributed by atoms with Crippen molar-refractivity contribution in [3.8, 4) is 0 Å². The van der Waals surface area contributed by atoms with Gasteiger partial charge < -0.3 is 15.4 Å².